The lowest BCUT2D eigenvalue weighted by Gasteiger charge is -2.29. The molecule has 0 aliphatic heterocycles. The summed E-state index contributed by atoms with van der Waals surface area (Å²) in [5.41, 5.74) is 3.35. The Morgan fingerprint density at radius 1 is 1.12 bits per heavy atom. The zero-order valence-electron chi connectivity index (χ0n) is 14.2. The number of esters is 2. The molecule has 1 atom stereocenters. The minimum Gasteiger partial charge on any atom is -0.467 e. The van der Waals surface area contributed by atoms with Crippen LogP contribution < -0.4 is 5.73 Å². The quantitative estimate of drug-likeness (QED) is 0.478. The first-order valence-corrected chi connectivity index (χ1v) is 7.77. The molecular formula is C17H22ClNO5. The summed E-state index contributed by atoms with van der Waals surface area (Å²) in [7, 11) is 1.12. The lowest BCUT2D eigenvalue weighted by atomic mass is 9.91. The van der Waals surface area contributed by atoms with E-state index < -0.39 is 23.1 Å². The largest absolute Gasteiger partial charge is 0.467 e. The van der Waals surface area contributed by atoms with E-state index in [1.807, 2.05) is 0 Å². The Balaban J connectivity index is 2.95. The van der Waals surface area contributed by atoms with Crippen LogP contribution in [-0.4, -0.2) is 36.0 Å². The van der Waals surface area contributed by atoms with Gasteiger partial charge in [-0.1, -0.05) is 23.7 Å². The van der Waals surface area contributed by atoms with Crippen LogP contribution in [0.15, 0.2) is 24.3 Å². The predicted octanol–water partition coefficient (Wildman–Crippen LogP) is 2.52. The van der Waals surface area contributed by atoms with E-state index in [1.165, 1.54) is 0 Å². The minimum atomic E-state index is -2.06. The van der Waals surface area contributed by atoms with Gasteiger partial charge < -0.3 is 15.2 Å². The molecule has 1 aromatic carbocycles. The number of hydrogen-bond donors (Lipinski definition) is 1. The van der Waals surface area contributed by atoms with Gasteiger partial charge in [-0.3, -0.25) is 4.79 Å². The van der Waals surface area contributed by atoms with Crippen molar-refractivity contribution in [3.63, 3.8) is 0 Å². The van der Waals surface area contributed by atoms with Gasteiger partial charge in [0.2, 0.25) is 5.54 Å². The van der Waals surface area contributed by atoms with Crippen LogP contribution in [0.1, 0.15) is 44.0 Å². The van der Waals surface area contributed by atoms with Crippen LogP contribution in [0.3, 0.4) is 0 Å². The number of ether oxygens (including phenoxy) is 2. The number of benzene rings is 1. The number of halogens is 1. The summed E-state index contributed by atoms with van der Waals surface area (Å²) in [5, 5.41) is 0.292. The zero-order chi connectivity index (χ0) is 18.5. The van der Waals surface area contributed by atoms with Crippen molar-refractivity contribution in [2.24, 2.45) is 5.73 Å². The molecule has 0 fully saturated rings. The van der Waals surface area contributed by atoms with E-state index in [2.05, 4.69) is 4.74 Å². The molecular weight excluding hydrogens is 334 g/mol. The van der Waals surface area contributed by atoms with E-state index in [4.69, 9.17) is 22.1 Å². The highest BCUT2D eigenvalue weighted by atomic mass is 35.5. The van der Waals surface area contributed by atoms with E-state index in [1.54, 1.807) is 45.0 Å². The summed E-state index contributed by atoms with van der Waals surface area (Å²) in [6.45, 7) is 4.95. The van der Waals surface area contributed by atoms with Crippen LogP contribution in [0.25, 0.3) is 0 Å². The van der Waals surface area contributed by atoms with Crippen molar-refractivity contribution < 1.29 is 23.9 Å². The first kappa shape index (κ1) is 20.1. The van der Waals surface area contributed by atoms with Gasteiger partial charge in [-0.15, -0.1) is 0 Å². The van der Waals surface area contributed by atoms with Gasteiger partial charge in [-0.25, -0.2) is 9.59 Å². The van der Waals surface area contributed by atoms with Gasteiger partial charge in [-0.2, -0.15) is 0 Å². The molecule has 1 rings (SSSR count). The van der Waals surface area contributed by atoms with Crippen molar-refractivity contribution in [3.8, 4) is 0 Å². The van der Waals surface area contributed by atoms with Gasteiger partial charge in [0.1, 0.15) is 5.60 Å². The fraction of sp³-hybridized carbons (Fsp3) is 0.471. The van der Waals surface area contributed by atoms with Crippen molar-refractivity contribution in [2.75, 3.05) is 7.11 Å². The summed E-state index contributed by atoms with van der Waals surface area (Å²) in [6, 6.07) is 6.51. The highest BCUT2D eigenvalue weighted by Crippen LogP contribution is 2.22. The van der Waals surface area contributed by atoms with Gasteiger partial charge in [0.15, 0.2) is 5.78 Å². The molecule has 24 heavy (non-hydrogen) atoms. The standard InChI is InChI=1S/C17H22ClNO5/c1-16(2,3)24-15(22)17(19,14(21)23-4)10-9-13(20)11-7-5-6-8-12(11)18/h5-8H,9-10,19H2,1-4H3. The number of nitrogens with two attached hydrogens (primary N) is 1. The molecule has 0 heterocycles. The second-order valence-electron chi connectivity index (χ2n) is 6.37. The van der Waals surface area contributed by atoms with E-state index in [-0.39, 0.29) is 18.6 Å². The van der Waals surface area contributed by atoms with Crippen molar-refractivity contribution in [3.05, 3.63) is 34.9 Å². The highest BCUT2D eigenvalue weighted by Gasteiger charge is 2.46. The predicted molar refractivity (Wildman–Crippen MR) is 89.8 cm³/mol. The van der Waals surface area contributed by atoms with Crippen LogP contribution >= 0.6 is 11.6 Å². The maximum atomic E-state index is 12.3. The Bertz CT molecular complexity index is 638. The lowest BCUT2D eigenvalue weighted by Crippen LogP contribution is -2.57. The molecule has 0 saturated carbocycles. The van der Waals surface area contributed by atoms with E-state index >= 15 is 0 Å². The molecule has 7 heteroatoms. The number of rotatable bonds is 6. The van der Waals surface area contributed by atoms with Gasteiger partial charge in [0.05, 0.1) is 12.1 Å². The first-order chi connectivity index (χ1) is 11.0. The van der Waals surface area contributed by atoms with Crippen molar-refractivity contribution in [1.29, 1.82) is 0 Å². The van der Waals surface area contributed by atoms with Crippen LogP contribution in [0.5, 0.6) is 0 Å². The highest BCUT2D eigenvalue weighted by molar-refractivity contribution is 6.34. The summed E-state index contributed by atoms with van der Waals surface area (Å²) in [4.78, 5) is 36.6. The number of ketones is 1. The molecule has 132 valence electrons. The van der Waals surface area contributed by atoms with Gasteiger partial charge in [0.25, 0.3) is 0 Å². The van der Waals surface area contributed by atoms with Crippen LogP contribution in [0.2, 0.25) is 5.02 Å². The van der Waals surface area contributed by atoms with Crippen LogP contribution in [-0.2, 0) is 19.1 Å². The fourth-order valence-corrected chi connectivity index (χ4v) is 2.21. The number of hydrogen-bond acceptors (Lipinski definition) is 6. The molecule has 2 N–H and O–H groups in total. The Kier molecular flexibility index (Phi) is 6.51. The minimum absolute atomic E-state index is 0.158. The first-order valence-electron chi connectivity index (χ1n) is 7.40. The molecule has 0 amide bonds. The molecule has 6 nitrogen and oxygen atoms in total. The van der Waals surface area contributed by atoms with Crippen LogP contribution in [0, 0.1) is 0 Å². The number of Topliss-reactive ketones (excluding diaryl/α,β-unsaturated/α-hetero) is 1. The molecule has 0 spiro atoms. The molecule has 0 aliphatic rings. The van der Waals surface area contributed by atoms with Crippen LogP contribution in [0.4, 0.5) is 0 Å². The lowest BCUT2D eigenvalue weighted by molar-refractivity contribution is -0.170. The monoisotopic (exact) mass is 355 g/mol. The summed E-state index contributed by atoms with van der Waals surface area (Å²) in [6.07, 6.45) is -0.410. The van der Waals surface area contributed by atoms with Gasteiger partial charge >= 0.3 is 11.9 Å². The van der Waals surface area contributed by atoms with Crippen molar-refractivity contribution >= 4 is 29.3 Å². The molecule has 1 unspecified atom stereocenters. The Labute approximate surface area is 146 Å². The van der Waals surface area contributed by atoms with Crippen molar-refractivity contribution in [1.82, 2.24) is 0 Å². The molecule has 0 radical (unpaired) electrons. The third-order valence-electron chi connectivity index (χ3n) is 3.23. The van der Waals surface area contributed by atoms with Gasteiger partial charge in [0, 0.05) is 12.0 Å². The fourth-order valence-electron chi connectivity index (χ4n) is 1.97. The maximum absolute atomic E-state index is 12.3. The molecule has 1 aromatic rings. The number of methoxy groups -OCH3 is 1. The Hall–Kier alpha value is -1.92. The van der Waals surface area contributed by atoms with Gasteiger partial charge in [-0.05, 0) is 39.3 Å². The summed E-state index contributed by atoms with van der Waals surface area (Å²) >= 11 is 5.97. The number of carbonyl (C=O) groups is 3. The molecule has 0 saturated heterocycles. The zero-order valence-corrected chi connectivity index (χ0v) is 15.0. The Morgan fingerprint density at radius 3 is 2.21 bits per heavy atom. The number of carbonyl (C=O) groups excluding carboxylic acids is 3. The third-order valence-corrected chi connectivity index (χ3v) is 3.56. The molecule has 0 aromatic heterocycles. The second kappa shape index (κ2) is 7.77. The maximum Gasteiger partial charge on any atom is 0.338 e. The van der Waals surface area contributed by atoms with E-state index in [9.17, 15) is 14.4 Å². The topological polar surface area (TPSA) is 95.7 Å². The Morgan fingerprint density at radius 2 is 1.71 bits per heavy atom. The second-order valence-corrected chi connectivity index (χ2v) is 6.78. The SMILES string of the molecule is COC(=O)C(N)(CCC(=O)c1ccccc1Cl)C(=O)OC(C)(C)C. The normalized spacial score (nSPS) is 13.8. The van der Waals surface area contributed by atoms with E-state index in [0.29, 0.717) is 10.6 Å². The average molecular weight is 356 g/mol. The molecule has 0 bridgehead atoms. The summed E-state index contributed by atoms with van der Waals surface area (Å²) < 4.78 is 9.80. The summed E-state index contributed by atoms with van der Waals surface area (Å²) in [5.74, 6) is -2.22. The van der Waals surface area contributed by atoms with E-state index in [0.717, 1.165) is 7.11 Å². The van der Waals surface area contributed by atoms with Crippen molar-refractivity contribution in [2.45, 2.75) is 44.8 Å². The molecule has 0 aliphatic carbocycles. The smallest absolute Gasteiger partial charge is 0.338 e. The average Bonchev–Trinajstić information content (AvgIpc) is 2.50. The third kappa shape index (κ3) is 5.04.